The van der Waals surface area contributed by atoms with Crippen molar-refractivity contribution in [3.05, 3.63) is 65.7 Å². The van der Waals surface area contributed by atoms with E-state index in [0.717, 1.165) is 5.56 Å². The molecule has 0 saturated carbocycles. The van der Waals surface area contributed by atoms with Crippen molar-refractivity contribution in [2.45, 2.75) is 12.5 Å². The summed E-state index contributed by atoms with van der Waals surface area (Å²) < 4.78 is 0. The molecule has 0 bridgehead atoms. The molecule has 4 nitrogen and oxygen atoms in total. The second-order valence-electron chi connectivity index (χ2n) is 5.09. The zero-order chi connectivity index (χ0) is 15.5. The van der Waals surface area contributed by atoms with E-state index in [0.29, 0.717) is 11.3 Å². The average molecular weight is 279 g/mol. The Morgan fingerprint density at radius 2 is 1.71 bits per heavy atom. The molecular weight excluding hydrogens is 262 g/mol. The van der Waals surface area contributed by atoms with Gasteiger partial charge in [-0.25, -0.2) is 0 Å². The van der Waals surface area contributed by atoms with Crippen molar-refractivity contribution in [2.75, 3.05) is 11.9 Å². The van der Waals surface area contributed by atoms with E-state index in [-0.39, 0.29) is 5.91 Å². The number of amides is 1. The Labute approximate surface area is 124 Å². The van der Waals surface area contributed by atoms with Gasteiger partial charge in [-0.3, -0.25) is 4.79 Å². The van der Waals surface area contributed by atoms with Crippen molar-refractivity contribution in [2.24, 2.45) is 5.73 Å². The molecule has 21 heavy (non-hydrogen) atoms. The number of nitrogens with two attached hydrogens (primary N) is 1. The van der Waals surface area contributed by atoms with Crippen LogP contribution in [0.3, 0.4) is 0 Å². The third-order valence-electron chi connectivity index (χ3n) is 3.51. The molecule has 1 atom stereocenters. The SMILES string of the molecule is CN(C(=O)C(C)(N)c1ccccc1)c1ccc(C#N)cc1. The van der Waals surface area contributed by atoms with Gasteiger partial charge in [0, 0.05) is 12.7 Å². The molecule has 1 unspecified atom stereocenters. The van der Waals surface area contributed by atoms with Gasteiger partial charge in [0.2, 0.25) is 0 Å². The zero-order valence-corrected chi connectivity index (χ0v) is 12.1. The highest BCUT2D eigenvalue weighted by Crippen LogP contribution is 2.23. The smallest absolute Gasteiger partial charge is 0.251 e. The fourth-order valence-electron chi connectivity index (χ4n) is 2.13. The molecule has 0 aliphatic rings. The van der Waals surface area contributed by atoms with E-state index in [2.05, 4.69) is 6.07 Å². The van der Waals surface area contributed by atoms with Crippen molar-refractivity contribution in [1.29, 1.82) is 5.26 Å². The number of nitriles is 1. The highest BCUT2D eigenvalue weighted by atomic mass is 16.2. The van der Waals surface area contributed by atoms with Gasteiger partial charge < -0.3 is 10.6 Å². The van der Waals surface area contributed by atoms with Crippen LogP contribution in [-0.4, -0.2) is 13.0 Å². The summed E-state index contributed by atoms with van der Waals surface area (Å²) in [7, 11) is 1.68. The molecule has 0 heterocycles. The topological polar surface area (TPSA) is 70.1 Å². The standard InChI is InChI=1S/C17H17N3O/c1-17(19,14-6-4-3-5-7-14)16(21)20(2)15-10-8-13(12-18)9-11-15/h3-11H,19H2,1-2H3. The zero-order valence-electron chi connectivity index (χ0n) is 12.1. The number of hydrogen-bond donors (Lipinski definition) is 1. The summed E-state index contributed by atoms with van der Waals surface area (Å²) in [5.74, 6) is -0.210. The number of benzene rings is 2. The quantitative estimate of drug-likeness (QED) is 0.937. The van der Waals surface area contributed by atoms with Gasteiger partial charge in [0.1, 0.15) is 5.54 Å². The molecule has 0 saturated heterocycles. The average Bonchev–Trinajstić information content (AvgIpc) is 2.54. The molecule has 2 aromatic rings. The Hall–Kier alpha value is -2.64. The summed E-state index contributed by atoms with van der Waals surface area (Å²) in [5.41, 5.74) is 7.14. The van der Waals surface area contributed by atoms with Crippen LogP contribution < -0.4 is 10.6 Å². The molecule has 0 fully saturated rings. The number of rotatable bonds is 3. The van der Waals surface area contributed by atoms with E-state index in [4.69, 9.17) is 11.0 Å². The number of anilines is 1. The van der Waals surface area contributed by atoms with E-state index in [1.165, 1.54) is 4.90 Å². The number of carbonyl (C=O) groups is 1. The van der Waals surface area contributed by atoms with Crippen LogP contribution >= 0.6 is 0 Å². The van der Waals surface area contributed by atoms with Gasteiger partial charge in [0.05, 0.1) is 11.6 Å². The molecule has 0 spiro atoms. The molecule has 1 amide bonds. The normalized spacial score (nSPS) is 13.0. The Bertz CT molecular complexity index is 669. The Balaban J connectivity index is 2.28. The van der Waals surface area contributed by atoms with Crippen molar-refractivity contribution >= 4 is 11.6 Å². The summed E-state index contributed by atoms with van der Waals surface area (Å²) in [6.45, 7) is 1.70. The number of likely N-dealkylation sites (N-methyl/N-ethyl adjacent to an activating group) is 1. The van der Waals surface area contributed by atoms with Crippen LogP contribution in [0.25, 0.3) is 0 Å². The summed E-state index contributed by atoms with van der Waals surface area (Å²) in [6.07, 6.45) is 0. The van der Waals surface area contributed by atoms with E-state index < -0.39 is 5.54 Å². The van der Waals surface area contributed by atoms with Crippen molar-refractivity contribution in [3.63, 3.8) is 0 Å². The van der Waals surface area contributed by atoms with Gasteiger partial charge in [-0.15, -0.1) is 0 Å². The molecule has 4 heteroatoms. The molecule has 2 N–H and O–H groups in total. The fraction of sp³-hybridized carbons (Fsp3) is 0.176. The molecule has 2 aromatic carbocycles. The first kappa shape index (κ1) is 14.8. The van der Waals surface area contributed by atoms with Gasteiger partial charge >= 0.3 is 0 Å². The number of nitrogens with zero attached hydrogens (tertiary/aromatic N) is 2. The lowest BCUT2D eigenvalue weighted by Crippen LogP contribution is -2.49. The van der Waals surface area contributed by atoms with Crippen molar-refractivity contribution in [1.82, 2.24) is 0 Å². The molecule has 0 radical (unpaired) electrons. The minimum absolute atomic E-state index is 0.210. The predicted octanol–water partition coefficient (Wildman–Crippen LogP) is 2.40. The van der Waals surface area contributed by atoms with E-state index >= 15 is 0 Å². The monoisotopic (exact) mass is 279 g/mol. The van der Waals surface area contributed by atoms with Crippen LogP contribution in [0.4, 0.5) is 5.69 Å². The largest absolute Gasteiger partial charge is 0.314 e. The Morgan fingerprint density at radius 3 is 2.24 bits per heavy atom. The predicted molar refractivity (Wildman–Crippen MR) is 82.5 cm³/mol. The first-order valence-electron chi connectivity index (χ1n) is 6.59. The number of carbonyl (C=O) groups excluding carboxylic acids is 1. The van der Waals surface area contributed by atoms with Gasteiger partial charge in [0.25, 0.3) is 5.91 Å². The molecule has 0 aliphatic heterocycles. The lowest BCUT2D eigenvalue weighted by molar-refractivity contribution is -0.123. The maximum atomic E-state index is 12.7. The van der Waals surface area contributed by atoms with Crippen LogP contribution in [0, 0.1) is 11.3 Å². The number of hydrogen-bond acceptors (Lipinski definition) is 3. The summed E-state index contributed by atoms with van der Waals surface area (Å²) in [4.78, 5) is 14.2. The highest BCUT2D eigenvalue weighted by Gasteiger charge is 2.33. The van der Waals surface area contributed by atoms with Crippen LogP contribution in [0.5, 0.6) is 0 Å². The van der Waals surface area contributed by atoms with Crippen LogP contribution in [0.1, 0.15) is 18.1 Å². The first-order valence-corrected chi connectivity index (χ1v) is 6.59. The van der Waals surface area contributed by atoms with Crippen LogP contribution in [0.15, 0.2) is 54.6 Å². The minimum Gasteiger partial charge on any atom is -0.314 e. The Kier molecular flexibility index (Phi) is 4.06. The highest BCUT2D eigenvalue weighted by molar-refractivity contribution is 6.00. The lowest BCUT2D eigenvalue weighted by Gasteiger charge is -2.29. The summed E-state index contributed by atoms with van der Waals surface area (Å²) in [6, 6.07) is 18.1. The molecule has 0 aliphatic carbocycles. The second kappa shape index (κ2) is 5.78. The summed E-state index contributed by atoms with van der Waals surface area (Å²) >= 11 is 0. The van der Waals surface area contributed by atoms with Crippen LogP contribution in [-0.2, 0) is 10.3 Å². The van der Waals surface area contributed by atoms with Crippen molar-refractivity contribution < 1.29 is 4.79 Å². The third kappa shape index (κ3) is 2.93. The van der Waals surface area contributed by atoms with E-state index in [1.54, 1.807) is 38.2 Å². The second-order valence-corrected chi connectivity index (χ2v) is 5.09. The maximum absolute atomic E-state index is 12.7. The van der Waals surface area contributed by atoms with Gasteiger partial charge in [0.15, 0.2) is 0 Å². The Morgan fingerprint density at radius 1 is 1.14 bits per heavy atom. The van der Waals surface area contributed by atoms with Gasteiger partial charge in [-0.2, -0.15) is 5.26 Å². The lowest BCUT2D eigenvalue weighted by atomic mass is 9.91. The van der Waals surface area contributed by atoms with Crippen LogP contribution in [0.2, 0.25) is 0 Å². The fourth-order valence-corrected chi connectivity index (χ4v) is 2.13. The maximum Gasteiger partial charge on any atom is 0.251 e. The summed E-state index contributed by atoms with van der Waals surface area (Å²) in [5, 5.41) is 8.80. The first-order chi connectivity index (χ1) is 9.96. The van der Waals surface area contributed by atoms with E-state index in [9.17, 15) is 4.79 Å². The van der Waals surface area contributed by atoms with E-state index in [1.807, 2.05) is 30.3 Å². The third-order valence-corrected chi connectivity index (χ3v) is 3.51. The molecule has 106 valence electrons. The molecule has 0 aromatic heterocycles. The van der Waals surface area contributed by atoms with Gasteiger partial charge in [-0.05, 0) is 36.8 Å². The van der Waals surface area contributed by atoms with Crippen molar-refractivity contribution in [3.8, 4) is 6.07 Å². The molecule has 2 rings (SSSR count). The molecular formula is C17H17N3O. The van der Waals surface area contributed by atoms with Gasteiger partial charge in [-0.1, -0.05) is 30.3 Å². The minimum atomic E-state index is -1.11.